The second-order valence-corrected chi connectivity index (χ2v) is 5.06. The number of hydrogen-bond acceptors (Lipinski definition) is 5. The maximum Gasteiger partial charge on any atom is 0.363 e. The Hall–Kier alpha value is -2.31. The summed E-state index contributed by atoms with van der Waals surface area (Å²) in [4.78, 5) is 36.8. The van der Waals surface area contributed by atoms with Crippen LogP contribution in [0.15, 0.2) is 18.3 Å². The zero-order chi connectivity index (χ0) is 16.4. The van der Waals surface area contributed by atoms with Crippen LogP contribution in [-0.4, -0.2) is 21.7 Å². The number of aromatic nitrogens is 1. The normalized spacial score (nSPS) is 10.2. The van der Waals surface area contributed by atoms with Crippen LogP contribution in [0.25, 0.3) is 0 Å². The number of amides is 2. The highest BCUT2D eigenvalue weighted by molar-refractivity contribution is 6.04. The lowest BCUT2D eigenvalue weighted by Crippen LogP contribution is -2.30. The smallest absolute Gasteiger partial charge is 0.358 e. The Balaban J connectivity index is 2.31. The van der Waals surface area contributed by atoms with Crippen molar-refractivity contribution < 1.29 is 14.5 Å². The van der Waals surface area contributed by atoms with Crippen molar-refractivity contribution in [2.45, 2.75) is 51.9 Å². The Kier molecular flexibility index (Phi) is 7.74. The molecule has 120 valence electrons. The maximum atomic E-state index is 11.8. The second-order valence-electron chi connectivity index (χ2n) is 5.06. The van der Waals surface area contributed by atoms with Crippen LogP contribution in [0.4, 0.5) is 5.82 Å². The van der Waals surface area contributed by atoms with Gasteiger partial charge < -0.3 is 10.1 Å². The summed E-state index contributed by atoms with van der Waals surface area (Å²) in [5.41, 5.74) is 0.127. The number of nitrogens with one attached hydrogen (secondary N) is 1. The minimum atomic E-state index is -0.647. The van der Waals surface area contributed by atoms with Gasteiger partial charge in [-0.3, -0.25) is 14.9 Å². The SMILES string of the molecule is CCCCCCCCC(=O)NC(=O)c1ccc([N+](=O)[O-])nc1. The van der Waals surface area contributed by atoms with Gasteiger partial charge in [0.25, 0.3) is 5.91 Å². The molecule has 0 spiro atoms. The van der Waals surface area contributed by atoms with E-state index in [2.05, 4.69) is 17.2 Å². The number of hydrogen-bond donors (Lipinski definition) is 1. The molecule has 0 saturated heterocycles. The highest BCUT2D eigenvalue weighted by Crippen LogP contribution is 2.08. The van der Waals surface area contributed by atoms with Gasteiger partial charge in [-0.05, 0) is 22.4 Å². The molecule has 1 N–H and O–H groups in total. The number of pyridine rings is 1. The van der Waals surface area contributed by atoms with Crippen LogP contribution in [-0.2, 0) is 4.79 Å². The number of unbranched alkanes of at least 4 members (excludes halogenated alkanes) is 5. The Morgan fingerprint density at radius 1 is 1.18 bits per heavy atom. The van der Waals surface area contributed by atoms with Gasteiger partial charge in [0.1, 0.15) is 0 Å². The van der Waals surface area contributed by atoms with Crippen LogP contribution in [0.1, 0.15) is 62.2 Å². The van der Waals surface area contributed by atoms with Crippen molar-refractivity contribution in [1.29, 1.82) is 0 Å². The lowest BCUT2D eigenvalue weighted by molar-refractivity contribution is -0.389. The average molecular weight is 307 g/mol. The summed E-state index contributed by atoms with van der Waals surface area (Å²) in [5.74, 6) is -1.26. The number of nitro groups is 1. The topological polar surface area (TPSA) is 102 Å². The van der Waals surface area contributed by atoms with Crippen molar-refractivity contribution >= 4 is 17.6 Å². The zero-order valence-corrected chi connectivity index (χ0v) is 12.7. The van der Waals surface area contributed by atoms with Crippen molar-refractivity contribution in [3.05, 3.63) is 34.0 Å². The minimum absolute atomic E-state index is 0.127. The van der Waals surface area contributed by atoms with E-state index < -0.39 is 10.8 Å². The molecule has 1 heterocycles. The maximum absolute atomic E-state index is 11.8. The predicted octanol–water partition coefficient (Wildman–Crippen LogP) is 3.00. The fraction of sp³-hybridized carbons (Fsp3) is 0.533. The van der Waals surface area contributed by atoms with Crippen LogP contribution >= 0.6 is 0 Å². The van der Waals surface area contributed by atoms with Crippen LogP contribution in [0.5, 0.6) is 0 Å². The van der Waals surface area contributed by atoms with Crippen molar-refractivity contribution in [1.82, 2.24) is 10.3 Å². The van der Waals surface area contributed by atoms with Crippen molar-refractivity contribution in [3.8, 4) is 0 Å². The summed E-state index contributed by atoms with van der Waals surface area (Å²) in [6.07, 6.45) is 7.77. The minimum Gasteiger partial charge on any atom is -0.358 e. The molecule has 0 fully saturated rings. The van der Waals surface area contributed by atoms with E-state index in [-0.39, 0.29) is 17.3 Å². The average Bonchev–Trinajstić information content (AvgIpc) is 2.50. The summed E-state index contributed by atoms with van der Waals surface area (Å²) >= 11 is 0. The Morgan fingerprint density at radius 2 is 1.86 bits per heavy atom. The van der Waals surface area contributed by atoms with Gasteiger partial charge in [-0.1, -0.05) is 39.0 Å². The standard InChI is InChI=1S/C15H21N3O4/c1-2-3-4-5-6-7-8-14(19)17-15(20)12-9-10-13(16-11-12)18(21)22/h9-11H,2-8H2,1H3,(H,17,19,20). The van der Waals surface area contributed by atoms with E-state index in [9.17, 15) is 19.7 Å². The van der Waals surface area contributed by atoms with Gasteiger partial charge in [-0.15, -0.1) is 0 Å². The van der Waals surface area contributed by atoms with Crippen molar-refractivity contribution in [2.75, 3.05) is 0 Å². The molecular weight excluding hydrogens is 286 g/mol. The fourth-order valence-electron chi connectivity index (χ4n) is 1.96. The third-order valence-electron chi connectivity index (χ3n) is 3.21. The van der Waals surface area contributed by atoms with E-state index in [0.717, 1.165) is 31.5 Å². The Labute approximate surface area is 129 Å². The first-order valence-electron chi connectivity index (χ1n) is 7.49. The quantitative estimate of drug-likeness (QED) is 0.429. The molecule has 1 rings (SSSR count). The highest BCUT2D eigenvalue weighted by atomic mass is 16.6. The van der Waals surface area contributed by atoms with Crippen LogP contribution < -0.4 is 5.32 Å². The first-order valence-corrected chi connectivity index (χ1v) is 7.49. The van der Waals surface area contributed by atoms with Crippen LogP contribution in [0.2, 0.25) is 0 Å². The van der Waals surface area contributed by atoms with E-state index in [4.69, 9.17) is 0 Å². The molecule has 0 aliphatic heterocycles. The van der Waals surface area contributed by atoms with Crippen LogP contribution in [0.3, 0.4) is 0 Å². The molecule has 0 radical (unpaired) electrons. The molecule has 7 heteroatoms. The lowest BCUT2D eigenvalue weighted by atomic mass is 10.1. The van der Waals surface area contributed by atoms with Crippen molar-refractivity contribution in [2.24, 2.45) is 0 Å². The van der Waals surface area contributed by atoms with E-state index in [1.54, 1.807) is 0 Å². The first kappa shape index (κ1) is 17.7. The molecule has 1 aromatic rings. The molecule has 0 aliphatic rings. The lowest BCUT2D eigenvalue weighted by Gasteiger charge is -2.03. The molecule has 1 aromatic heterocycles. The molecule has 0 aromatic carbocycles. The van der Waals surface area contributed by atoms with Gasteiger partial charge >= 0.3 is 5.82 Å². The van der Waals surface area contributed by atoms with Crippen molar-refractivity contribution in [3.63, 3.8) is 0 Å². The van der Waals surface area contributed by atoms with Gasteiger partial charge in [0, 0.05) is 12.5 Å². The van der Waals surface area contributed by atoms with E-state index in [0.29, 0.717) is 6.42 Å². The van der Waals surface area contributed by atoms with Gasteiger partial charge in [0.2, 0.25) is 5.91 Å². The molecule has 0 atom stereocenters. The number of nitrogens with zero attached hydrogens (tertiary/aromatic N) is 2. The monoisotopic (exact) mass is 307 g/mol. The molecule has 0 saturated carbocycles. The van der Waals surface area contributed by atoms with Gasteiger partial charge in [-0.2, -0.15) is 0 Å². The molecule has 22 heavy (non-hydrogen) atoms. The Morgan fingerprint density at radius 3 is 2.45 bits per heavy atom. The summed E-state index contributed by atoms with van der Waals surface area (Å²) in [5, 5.41) is 12.7. The molecular formula is C15H21N3O4. The molecule has 7 nitrogen and oxygen atoms in total. The largest absolute Gasteiger partial charge is 0.363 e. The van der Waals surface area contributed by atoms with Gasteiger partial charge in [0.05, 0.1) is 5.56 Å². The number of rotatable bonds is 9. The summed E-state index contributed by atoms with van der Waals surface area (Å²) in [6, 6.07) is 2.41. The fourth-order valence-corrected chi connectivity index (χ4v) is 1.96. The third kappa shape index (κ3) is 6.43. The number of imide groups is 1. The summed E-state index contributed by atoms with van der Waals surface area (Å²) in [6.45, 7) is 2.14. The zero-order valence-electron chi connectivity index (χ0n) is 12.7. The van der Waals surface area contributed by atoms with E-state index >= 15 is 0 Å². The molecule has 0 unspecified atom stereocenters. The molecule has 0 bridgehead atoms. The third-order valence-corrected chi connectivity index (χ3v) is 3.21. The molecule has 2 amide bonds. The first-order chi connectivity index (χ1) is 10.5. The van der Waals surface area contributed by atoms with Gasteiger partial charge in [-0.25, -0.2) is 0 Å². The summed E-state index contributed by atoms with van der Waals surface area (Å²) < 4.78 is 0. The molecule has 0 aliphatic carbocycles. The second kappa shape index (κ2) is 9.59. The van der Waals surface area contributed by atoms with Crippen LogP contribution in [0, 0.1) is 10.1 Å². The predicted molar refractivity (Wildman–Crippen MR) is 81.4 cm³/mol. The van der Waals surface area contributed by atoms with E-state index in [1.807, 2.05) is 0 Å². The Bertz CT molecular complexity index is 514. The number of carbonyl (C=O) groups is 2. The van der Waals surface area contributed by atoms with E-state index in [1.165, 1.54) is 25.3 Å². The summed E-state index contributed by atoms with van der Waals surface area (Å²) in [7, 11) is 0. The highest BCUT2D eigenvalue weighted by Gasteiger charge is 2.14. The van der Waals surface area contributed by atoms with Gasteiger partial charge in [0.15, 0.2) is 6.20 Å². The number of carbonyl (C=O) groups excluding carboxylic acids is 2.